The minimum Gasteiger partial charge on any atom is -0.393 e. The summed E-state index contributed by atoms with van der Waals surface area (Å²) in [6.07, 6.45) is 2.51. The summed E-state index contributed by atoms with van der Waals surface area (Å²) in [5.74, 6) is 0.510. The highest BCUT2D eigenvalue weighted by molar-refractivity contribution is 6.06. The highest BCUT2D eigenvalue weighted by Crippen LogP contribution is 2.40. The number of amides is 1. The Morgan fingerprint density at radius 3 is 2.87 bits per heavy atom. The number of hydrogen-bond acceptors (Lipinski definition) is 5. The number of fused-ring (bicyclic) bond motifs is 1. The number of aliphatic hydroxyl groups excluding tert-OH is 1. The lowest BCUT2D eigenvalue weighted by atomic mass is 10.0. The summed E-state index contributed by atoms with van der Waals surface area (Å²) in [4.78, 5) is 17.1. The SMILES string of the molecule is Cc1noc2nc(C3CC3)cc(C(=O)NCC(C)CC(C)O)c12. The summed E-state index contributed by atoms with van der Waals surface area (Å²) in [6, 6.07) is 1.87. The van der Waals surface area contributed by atoms with Crippen LogP contribution in [0.5, 0.6) is 0 Å². The van der Waals surface area contributed by atoms with Crippen LogP contribution in [-0.4, -0.2) is 33.8 Å². The second-order valence-corrected chi connectivity index (χ2v) is 6.72. The first kappa shape index (κ1) is 15.9. The number of pyridine rings is 1. The molecule has 2 N–H and O–H groups in total. The first-order valence-electron chi connectivity index (χ1n) is 8.19. The first-order chi connectivity index (χ1) is 11.0. The molecule has 1 aliphatic carbocycles. The van der Waals surface area contributed by atoms with Gasteiger partial charge in [-0.1, -0.05) is 12.1 Å². The smallest absolute Gasteiger partial charge is 0.259 e. The Labute approximate surface area is 135 Å². The number of carbonyl (C=O) groups excluding carboxylic acids is 1. The molecule has 1 fully saturated rings. The van der Waals surface area contributed by atoms with Crippen molar-refractivity contribution in [3.8, 4) is 0 Å². The summed E-state index contributed by atoms with van der Waals surface area (Å²) in [5, 5.41) is 17.0. The molecular weight excluding hydrogens is 294 g/mol. The number of aryl methyl sites for hydroxylation is 1. The van der Waals surface area contributed by atoms with Crippen LogP contribution in [0, 0.1) is 12.8 Å². The third-order valence-electron chi connectivity index (χ3n) is 4.23. The number of carbonyl (C=O) groups is 1. The minimum atomic E-state index is -0.365. The predicted molar refractivity (Wildman–Crippen MR) is 86.3 cm³/mol. The molecule has 1 aliphatic rings. The lowest BCUT2D eigenvalue weighted by Crippen LogP contribution is -2.29. The van der Waals surface area contributed by atoms with Crippen LogP contribution in [0.25, 0.3) is 11.1 Å². The Morgan fingerprint density at radius 2 is 2.22 bits per heavy atom. The fraction of sp³-hybridized carbons (Fsp3) is 0.588. The van der Waals surface area contributed by atoms with E-state index in [1.807, 2.05) is 19.9 Å². The molecule has 0 spiro atoms. The zero-order valence-corrected chi connectivity index (χ0v) is 13.8. The van der Waals surface area contributed by atoms with Gasteiger partial charge in [0.2, 0.25) is 0 Å². The normalized spacial score (nSPS) is 17.2. The molecule has 2 aromatic heterocycles. The Bertz CT molecular complexity index is 719. The van der Waals surface area contributed by atoms with Crippen LogP contribution in [0.2, 0.25) is 0 Å². The van der Waals surface area contributed by atoms with Gasteiger partial charge in [-0.15, -0.1) is 0 Å². The molecule has 6 nitrogen and oxygen atoms in total. The molecule has 1 amide bonds. The van der Waals surface area contributed by atoms with Gasteiger partial charge in [-0.05, 0) is 45.1 Å². The summed E-state index contributed by atoms with van der Waals surface area (Å²) in [5.41, 5.74) is 2.61. The number of hydrogen-bond donors (Lipinski definition) is 2. The van der Waals surface area contributed by atoms with E-state index in [0.29, 0.717) is 41.2 Å². The first-order valence-corrected chi connectivity index (χ1v) is 8.19. The summed E-state index contributed by atoms with van der Waals surface area (Å²) in [7, 11) is 0. The standard InChI is InChI=1S/C17H23N3O3/c1-9(6-10(2)21)8-18-16(22)13-7-14(12-4-5-12)19-17-15(13)11(3)20-23-17/h7,9-10,12,21H,4-6,8H2,1-3H3,(H,18,22). The van der Waals surface area contributed by atoms with E-state index in [9.17, 15) is 9.90 Å². The third kappa shape index (κ3) is 3.52. The Hall–Kier alpha value is -1.95. The van der Waals surface area contributed by atoms with Gasteiger partial charge >= 0.3 is 0 Å². The molecule has 2 heterocycles. The molecule has 23 heavy (non-hydrogen) atoms. The molecule has 2 unspecified atom stereocenters. The molecule has 0 bridgehead atoms. The second kappa shape index (κ2) is 6.28. The van der Waals surface area contributed by atoms with Gasteiger partial charge in [-0.3, -0.25) is 4.79 Å². The molecule has 0 radical (unpaired) electrons. The molecule has 6 heteroatoms. The summed E-state index contributed by atoms with van der Waals surface area (Å²) < 4.78 is 5.26. The highest BCUT2D eigenvalue weighted by atomic mass is 16.5. The zero-order valence-electron chi connectivity index (χ0n) is 13.8. The predicted octanol–water partition coefficient (Wildman–Crippen LogP) is 2.55. The topological polar surface area (TPSA) is 88.2 Å². The third-order valence-corrected chi connectivity index (χ3v) is 4.23. The van der Waals surface area contributed by atoms with Crippen LogP contribution in [0.4, 0.5) is 0 Å². The number of aromatic nitrogens is 2. The van der Waals surface area contributed by atoms with Crippen molar-refractivity contribution < 1.29 is 14.4 Å². The van der Waals surface area contributed by atoms with Crippen molar-refractivity contribution in [1.82, 2.24) is 15.5 Å². The fourth-order valence-corrected chi connectivity index (χ4v) is 2.91. The molecule has 3 rings (SSSR count). The van der Waals surface area contributed by atoms with Crippen LogP contribution < -0.4 is 5.32 Å². The molecule has 0 aromatic carbocycles. The molecular formula is C17H23N3O3. The molecule has 0 saturated heterocycles. The Balaban J connectivity index is 1.82. The van der Waals surface area contributed by atoms with Gasteiger partial charge in [0.25, 0.3) is 11.6 Å². The van der Waals surface area contributed by atoms with E-state index in [4.69, 9.17) is 4.52 Å². The molecule has 124 valence electrons. The van der Waals surface area contributed by atoms with Gasteiger partial charge in [-0.25, -0.2) is 4.98 Å². The Morgan fingerprint density at radius 1 is 1.48 bits per heavy atom. The number of rotatable bonds is 6. The van der Waals surface area contributed by atoms with E-state index in [1.165, 1.54) is 0 Å². The van der Waals surface area contributed by atoms with E-state index in [-0.39, 0.29) is 17.9 Å². The number of nitrogens with zero attached hydrogens (tertiary/aromatic N) is 2. The van der Waals surface area contributed by atoms with Gasteiger partial charge in [0.15, 0.2) is 0 Å². The number of aliphatic hydroxyl groups is 1. The van der Waals surface area contributed by atoms with Gasteiger partial charge in [-0.2, -0.15) is 0 Å². The maximum Gasteiger partial charge on any atom is 0.259 e. The van der Waals surface area contributed by atoms with E-state index in [0.717, 1.165) is 18.5 Å². The lowest BCUT2D eigenvalue weighted by Gasteiger charge is -2.14. The molecule has 2 aromatic rings. The van der Waals surface area contributed by atoms with E-state index >= 15 is 0 Å². The second-order valence-electron chi connectivity index (χ2n) is 6.72. The monoisotopic (exact) mass is 317 g/mol. The molecule has 1 saturated carbocycles. The van der Waals surface area contributed by atoms with E-state index in [1.54, 1.807) is 6.92 Å². The van der Waals surface area contributed by atoms with E-state index in [2.05, 4.69) is 15.5 Å². The largest absolute Gasteiger partial charge is 0.393 e. The van der Waals surface area contributed by atoms with Gasteiger partial charge in [0, 0.05) is 18.2 Å². The maximum absolute atomic E-state index is 12.6. The van der Waals surface area contributed by atoms with Crippen LogP contribution in [0.3, 0.4) is 0 Å². The summed E-state index contributed by atoms with van der Waals surface area (Å²) >= 11 is 0. The van der Waals surface area contributed by atoms with Crippen molar-refractivity contribution in [1.29, 1.82) is 0 Å². The highest BCUT2D eigenvalue weighted by Gasteiger charge is 2.28. The average molecular weight is 317 g/mol. The molecule has 0 aliphatic heterocycles. The van der Waals surface area contributed by atoms with Gasteiger partial charge < -0.3 is 14.9 Å². The minimum absolute atomic E-state index is 0.136. The summed E-state index contributed by atoms with van der Waals surface area (Å²) in [6.45, 7) is 6.11. The van der Waals surface area contributed by atoms with Crippen molar-refractivity contribution in [3.63, 3.8) is 0 Å². The number of nitrogens with one attached hydrogen (secondary N) is 1. The zero-order chi connectivity index (χ0) is 16.6. The van der Waals surface area contributed by atoms with Gasteiger partial charge in [0.05, 0.1) is 22.7 Å². The van der Waals surface area contributed by atoms with Crippen molar-refractivity contribution in [3.05, 3.63) is 23.0 Å². The van der Waals surface area contributed by atoms with E-state index < -0.39 is 0 Å². The van der Waals surface area contributed by atoms with Crippen molar-refractivity contribution >= 4 is 17.0 Å². The Kier molecular flexibility index (Phi) is 4.35. The van der Waals surface area contributed by atoms with Gasteiger partial charge in [0.1, 0.15) is 0 Å². The van der Waals surface area contributed by atoms with Crippen molar-refractivity contribution in [2.75, 3.05) is 6.54 Å². The van der Waals surface area contributed by atoms with Crippen LogP contribution in [0.1, 0.15) is 60.8 Å². The maximum atomic E-state index is 12.6. The quantitative estimate of drug-likeness (QED) is 0.855. The van der Waals surface area contributed by atoms with Crippen molar-refractivity contribution in [2.24, 2.45) is 5.92 Å². The fourth-order valence-electron chi connectivity index (χ4n) is 2.91. The van der Waals surface area contributed by atoms with Crippen LogP contribution in [0.15, 0.2) is 10.6 Å². The molecule has 2 atom stereocenters. The van der Waals surface area contributed by atoms with Crippen LogP contribution in [-0.2, 0) is 0 Å². The average Bonchev–Trinajstić information content (AvgIpc) is 3.28. The van der Waals surface area contributed by atoms with Crippen molar-refractivity contribution in [2.45, 2.75) is 52.1 Å². The van der Waals surface area contributed by atoms with Crippen LogP contribution >= 0.6 is 0 Å². The lowest BCUT2D eigenvalue weighted by molar-refractivity contribution is 0.0940.